The van der Waals surface area contributed by atoms with Gasteiger partial charge in [0, 0.05) is 43.3 Å². The first-order valence-electron chi connectivity index (χ1n) is 8.37. The molecular formula is C16H28N4S. The molecule has 118 valence electrons. The van der Waals surface area contributed by atoms with E-state index in [1.54, 1.807) is 0 Å². The fourth-order valence-corrected chi connectivity index (χ4v) is 4.25. The largest absolute Gasteiger partial charge is 0.345 e. The number of fused-ring (bicyclic) bond motifs is 1. The van der Waals surface area contributed by atoms with E-state index in [2.05, 4.69) is 40.1 Å². The fraction of sp³-hybridized carbons (Fsp3) is 0.812. The van der Waals surface area contributed by atoms with Gasteiger partial charge >= 0.3 is 0 Å². The number of nitrogens with one attached hydrogen (secondary N) is 1. The molecule has 2 fully saturated rings. The van der Waals surface area contributed by atoms with Crippen molar-refractivity contribution in [2.45, 2.75) is 45.7 Å². The van der Waals surface area contributed by atoms with Crippen LogP contribution in [-0.2, 0) is 6.54 Å². The number of thiazole rings is 1. The molecule has 3 heterocycles. The summed E-state index contributed by atoms with van der Waals surface area (Å²) in [5, 5.41) is 4.73. The van der Waals surface area contributed by atoms with Crippen LogP contribution in [0.3, 0.4) is 0 Å². The molecule has 4 nitrogen and oxygen atoms in total. The average molecular weight is 308 g/mol. The molecule has 3 rings (SSSR count). The first kappa shape index (κ1) is 15.3. The standard InChI is InChI=1S/C16H28N4S/c1-13(2)9-17-10-15-11-18-16(21-15)20-8-7-19-6-4-3-5-14(19)12-20/h11,13-14,17H,3-10,12H2,1-2H3. The summed E-state index contributed by atoms with van der Waals surface area (Å²) in [6.45, 7) is 11.4. The second kappa shape index (κ2) is 7.07. The van der Waals surface area contributed by atoms with Gasteiger partial charge in [0.1, 0.15) is 0 Å². The highest BCUT2D eigenvalue weighted by Gasteiger charge is 2.29. The molecular weight excluding hydrogens is 280 g/mol. The fourth-order valence-electron chi connectivity index (χ4n) is 3.34. The first-order chi connectivity index (χ1) is 10.2. The molecule has 1 unspecified atom stereocenters. The van der Waals surface area contributed by atoms with Crippen molar-refractivity contribution in [3.8, 4) is 0 Å². The minimum Gasteiger partial charge on any atom is -0.345 e. The van der Waals surface area contributed by atoms with Crippen LogP contribution in [0.2, 0.25) is 0 Å². The van der Waals surface area contributed by atoms with Gasteiger partial charge in [0.2, 0.25) is 0 Å². The molecule has 0 saturated carbocycles. The summed E-state index contributed by atoms with van der Waals surface area (Å²) in [6.07, 6.45) is 6.21. The van der Waals surface area contributed by atoms with Crippen molar-refractivity contribution in [3.05, 3.63) is 11.1 Å². The van der Waals surface area contributed by atoms with Crippen LogP contribution in [0.15, 0.2) is 6.20 Å². The summed E-state index contributed by atoms with van der Waals surface area (Å²) in [5.41, 5.74) is 0. The summed E-state index contributed by atoms with van der Waals surface area (Å²) in [6, 6.07) is 0.763. The first-order valence-corrected chi connectivity index (χ1v) is 9.18. The molecule has 0 amide bonds. The van der Waals surface area contributed by atoms with E-state index in [-0.39, 0.29) is 0 Å². The Bertz CT molecular complexity index is 445. The lowest BCUT2D eigenvalue weighted by atomic mass is 10.00. The zero-order valence-corrected chi connectivity index (χ0v) is 14.2. The Labute approximate surface area is 132 Å². The van der Waals surface area contributed by atoms with E-state index >= 15 is 0 Å². The summed E-state index contributed by atoms with van der Waals surface area (Å²) in [4.78, 5) is 11.2. The molecule has 2 aliphatic rings. The Hall–Kier alpha value is -0.650. The van der Waals surface area contributed by atoms with Gasteiger partial charge in [-0.25, -0.2) is 4.98 Å². The van der Waals surface area contributed by atoms with Gasteiger partial charge < -0.3 is 10.2 Å². The second-order valence-corrected chi connectivity index (χ2v) is 7.86. The average Bonchev–Trinajstić information content (AvgIpc) is 2.95. The minimum atomic E-state index is 0.705. The summed E-state index contributed by atoms with van der Waals surface area (Å²) >= 11 is 1.86. The molecule has 0 radical (unpaired) electrons. The van der Waals surface area contributed by atoms with Crippen LogP contribution in [0.4, 0.5) is 5.13 Å². The van der Waals surface area contributed by atoms with Crippen LogP contribution < -0.4 is 10.2 Å². The van der Waals surface area contributed by atoms with E-state index in [0.29, 0.717) is 5.92 Å². The lowest BCUT2D eigenvalue weighted by molar-refractivity contribution is 0.133. The normalized spacial score (nSPS) is 23.6. The maximum absolute atomic E-state index is 4.66. The third-order valence-electron chi connectivity index (χ3n) is 4.50. The van der Waals surface area contributed by atoms with Crippen LogP contribution in [0.5, 0.6) is 0 Å². The number of rotatable bonds is 5. The summed E-state index contributed by atoms with van der Waals surface area (Å²) in [7, 11) is 0. The molecule has 1 aromatic rings. The van der Waals surface area contributed by atoms with Crippen LogP contribution >= 0.6 is 11.3 Å². The number of piperidine rings is 1. The van der Waals surface area contributed by atoms with Gasteiger partial charge in [0.15, 0.2) is 5.13 Å². The van der Waals surface area contributed by atoms with Gasteiger partial charge in [0.25, 0.3) is 0 Å². The van der Waals surface area contributed by atoms with Crippen molar-refractivity contribution in [2.75, 3.05) is 37.6 Å². The Kier molecular flexibility index (Phi) is 5.14. The second-order valence-electron chi connectivity index (χ2n) is 6.77. The molecule has 5 heteroatoms. The van der Waals surface area contributed by atoms with E-state index < -0.39 is 0 Å². The van der Waals surface area contributed by atoms with Gasteiger partial charge in [-0.1, -0.05) is 20.3 Å². The molecule has 0 bridgehead atoms. The highest BCUT2D eigenvalue weighted by Crippen LogP contribution is 2.28. The summed E-state index contributed by atoms with van der Waals surface area (Å²) in [5.74, 6) is 0.705. The predicted molar refractivity (Wildman–Crippen MR) is 90.1 cm³/mol. The molecule has 2 aliphatic heterocycles. The number of hydrogen-bond acceptors (Lipinski definition) is 5. The Morgan fingerprint density at radius 3 is 3.10 bits per heavy atom. The number of piperazine rings is 1. The number of hydrogen-bond donors (Lipinski definition) is 1. The maximum atomic E-state index is 4.66. The van der Waals surface area contributed by atoms with Gasteiger partial charge in [-0.05, 0) is 31.8 Å². The topological polar surface area (TPSA) is 31.4 Å². The quantitative estimate of drug-likeness (QED) is 0.906. The van der Waals surface area contributed by atoms with Gasteiger partial charge in [-0.15, -0.1) is 11.3 Å². The van der Waals surface area contributed by atoms with Crippen LogP contribution in [0.25, 0.3) is 0 Å². The lowest BCUT2D eigenvalue weighted by Gasteiger charge is -2.44. The lowest BCUT2D eigenvalue weighted by Crippen LogP contribution is -2.54. The number of aromatic nitrogens is 1. The Morgan fingerprint density at radius 1 is 1.33 bits per heavy atom. The smallest absolute Gasteiger partial charge is 0.185 e. The molecule has 1 N–H and O–H groups in total. The Morgan fingerprint density at radius 2 is 2.24 bits per heavy atom. The SMILES string of the molecule is CC(C)CNCc1cnc(N2CCN3CCCCC3C2)s1. The van der Waals surface area contributed by atoms with E-state index in [1.807, 2.05) is 11.3 Å². The van der Waals surface area contributed by atoms with Crippen LogP contribution in [0, 0.1) is 5.92 Å². The third-order valence-corrected chi connectivity index (χ3v) is 5.56. The van der Waals surface area contributed by atoms with Gasteiger partial charge in [-0.3, -0.25) is 4.90 Å². The molecule has 1 atom stereocenters. The van der Waals surface area contributed by atoms with E-state index in [4.69, 9.17) is 0 Å². The zero-order chi connectivity index (χ0) is 14.7. The molecule has 0 spiro atoms. The highest BCUT2D eigenvalue weighted by atomic mass is 32.1. The highest BCUT2D eigenvalue weighted by molar-refractivity contribution is 7.15. The van der Waals surface area contributed by atoms with Gasteiger partial charge in [-0.2, -0.15) is 0 Å². The van der Waals surface area contributed by atoms with Crippen molar-refractivity contribution in [1.29, 1.82) is 0 Å². The van der Waals surface area contributed by atoms with Crippen molar-refractivity contribution >= 4 is 16.5 Å². The molecule has 21 heavy (non-hydrogen) atoms. The van der Waals surface area contributed by atoms with E-state index in [0.717, 1.165) is 25.7 Å². The molecule has 0 aliphatic carbocycles. The molecule has 0 aromatic carbocycles. The monoisotopic (exact) mass is 308 g/mol. The van der Waals surface area contributed by atoms with Gasteiger partial charge in [0.05, 0.1) is 0 Å². The van der Waals surface area contributed by atoms with Crippen LogP contribution in [-0.4, -0.2) is 48.6 Å². The number of anilines is 1. The van der Waals surface area contributed by atoms with Crippen LogP contribution in [0.1, 0.15) is 38.0 Å². The Balaban J connectivity index is 1.53. The van der Waals surface area contributed by atoms with E-state index in [1.165, 1.54) is 48.9 Å². The van der Waals surface area contributed by atoms with Crippen molar-refractivity contribution in [1.82, 2.24) is 15.2 Å². The predicted octanol–water partition coefficient (Wildman–Crippen LogP) is 2.56. The van der Waals surface area contributed by atoms with Crippen molar-refractivity contribution < 1.29 is 0 Å². The van der Waals surface area contributed by atoms with E-state index in [9.17, 15) is 0 Å². The van der Waals surface area contributed by atoms with Crippen molar-refractivity contribution in [3.63, 3.8) is 0 Å². The maximum Gasteiger partial charge on any atom is 0.185 e. The molecule has 2 saturated heterocycles. The molecule has 1 aromatic heterocycles. The zero-order valence-electron chi connectivity index (χ0n) is 13.3. The number of nitrogens with zero attached hydrogens (tertiary/aromatic N) is 3. The van der Waals surface area contributed by atoms with Crippen molar-refractivity contribution in [2.24, 2.45) is 5.92 Å². The third kappa shape index (κ3) is 3.96. The summed E-state index contributed by atoms with van der Waals surface area (Å²) < 4.78 is 0. The minimum absolute atomic E-state index is 0.705.